The minimum atomic E-state index is -1.15. The third-order valence-corrected chi connectivity index (χ3v) is 1.15. The largest absolute Gasteiger partial charge is 0.338 e. The Balaban J connectivity index is 3.98. The van der Waals surface area contributed by atoms with Gasteiger partial charge in [-0.05, 0) is 20.8 Å². The lowest BCUT2D eigenvalue weighted by molar-refractivity contribution is -0.486. The van der Waals surface area contributed by atoms with E-state index in [0.29, 0.717) is 19.0 Å². The van der Waals surface area contributed by atoms with Crippen molar-refractivity contribution in [1.82, 2.24) is 0 Å². The zero-order valence-corrected chi connectivity index (χ0v) is 8.75. The van der Waals surface area contributed by atoms with Crippen LogP contribution in [0.1, 0.15) is 27.7 Å². The number of rotatable bonds is 7. The van der Waals surface area contributed by atoms with Gasteiger partial charge >= 0.3 is 5.97 Å². The van der Waals surface area contributed by atoms with Crippen LogP contribution >= 0.6 is 0 Å². The van der Waals surface area contributed by atoms with E-state index in [1.54, 1.807) is 13.8 Å². The lowest BCUT2D eigenvalue weighted by Crippen LogP contribution is -2.35. The summed E-state index contributed by atoms with van der Waals surface area (Å²) in [5, 5.41) is 0. The fraction of sp³-hybridized carbons (Fsp3) is 0.778. The molecule has 0 atom stereocenters. The second-order valence-electron chi connectivity index (χ2n) is 2.60. The fourth-order valence-corrected chi connectivity index (χ4v) is 0.761. The van der Waals surface area contributed by atoms with E-state index in [4.69, 9.17) is 19.2 Å². The van der Waals surface area contributed by atoms with Crippen molar-refractivity contribution in [3.8, 4) is 0 Å². The Morgan fingerprint density at radius 2 is 1.69 bits per heavy atom. The summed E-state index contributed by atoms with van der Waals surface area (Å²) >= 11 is 0. The summed E-state index contributed by atoms with van der Waals surface area (Å²) in [7, 11) is 0. The molecule has 4 nitrogen and oxygen atoms in total. The van der Waals surface area contributed by atoms with Crippen LogP contribution in [0.2, 0.25) is 0 Å². The Hall–Kier alpha value is -0.580. The maximum atomic E-state index is 5.21. The molecule has 0 N–H and O–H groups in total. The monoisotopic (exact) mass is 190 g/mol. The van der Waals surface area contributed by atoms with E-state index in [1.165, 1.54) is 0 Å². The van der Waals surface area contributed by atoms with Crippen molar-refractivity contribution >= 4 is 0 Å². The van der Waals surface area contributed by atoms with Crippen molar-refractivity contribution in [3.63, 3.8) is 0 Å². The van der Waals surface area contributed by atoms with Gasteiger partial charge in [0.2, 0.25) is 0 Å². The van der Waals surface area contributed by atoms with Crippen molar-refractivity contribution in [2.24, 2.45) is 0 Å². The number of hydrogen-bond acceptors (Lipinski definition) is 4. The van der Waals surface area contributed by atoms with Crippen LogP contribution in [-0.2, 0) is 19.2 Å². The van der Waals surface area contributed by atoms with Gasteiger partial charge in [-0.2, -0.15) is 0 Å². The Labute approximate surface area is 79.4 Å². The Morgan fingerprint density at radius 1 is 1.23 bits per heavy atom. The maximum Gasteiger partial charge on any atom is 0.319 e. The van der Waals surface area contributed by atoms with Gasteiger partial charge in [-0.3, -0.25) is 0 Å². The van der Waals surface area contributed by atoms with Crippen LogP contribution in [0.25, 0.3) is 0 Å². The van der Waals surface area contributed by atoms with Crippen molar-refractivity contribution in [3.05, 3.63) is 12.3 Å². The molecule has 0 aromatic heterocycles. The first-order chi connectivity index (χ1) is 6.04. The van der Waals surface area contributed by atoms with Gasteiger partial charge in [0, 0.05) is 20.1 Å². The molecule has 0 heterocycles. The fourth-order valence-electron chi connectivity index (χ4n) is 0.761. The van der Waals surface area contributed by atoms with Gasteiger partial charge in [-0.1, -0.05) is 6.58 Å². The summed E-state index contributed by atoms with van der Waals surface area (Å²) < 4.78 is 10.4. The van der Waals surface area contributed by atoms with Gasteiger partial charge in [0.15, 0.2) is 0 Å². The third-order valence-electron chi connectivity index (χ3n) is 1.15. The van der Waals surface area contributed by atoms with E-state index < -0.39 is 5.97 Å². The maximum absolute atomic E-state index is 5.21. The van der Waals surface area contributed by atoms with Crippen LogP contribution in [0.4, 0.5) is 0 Å². The smallest absolute Gasteiger partial charge is 0.319 e. The zero-order valence-electron chi connectivity index (χ0n) is 8.75. The number of allylic oxidation sites excluding steroid dienone is 1. The molecule has 13 heavy (non-hydrogen) atoms. The topological polar surface area (TPSA) is 36.9 Å². The van der Waals surface area contributed by atoms with Gasteiger partial charge in [0.25, 0.3) is 0 Å². The Bertz CT molecular complexity index is 150. The molecule has 0 rings (SSSR count). The molecule has 0 spiro atoms. The molecule has 0 aliphatic rings. The third kappa shape index (κ3) is 5.63. The molecule has 0 unspecified atom stereocenters. The highest BCUT2D eigenvalue weighted by molar-refractivity contribution is 4.70. The highest BCUT2D eigenvalue weighted by atomic mass is 17.3. The minimum absolute atomic E-state index is 0.450. The van der Waals surface area contributed by atoms with Crippen LogP contribution in [0, 0.1) is 0 Å². The summed E-state index contributed by atoms with van der Waals surface area (Å²) in [5.41, 5.74) is 0. The van der Waals surface area contributed by atoms with Gasteiger partial charge in [-0.25, -0.2) is 0 Å². The number of hydrogen-bond donors (Lipinski definition) is 0. The molecule has 0 saturated carbocycles. The average molecular weight is 190 g/mol. The van der Waals surface area contributed by atoms with E-state index in [2.05, 4.69) is 6.58 Å². The van der Waals surface area contributed by atoms with Crippen molar-refractivity contribution in [2.45, 2.75) is 33.7 Å². The molecule has 0 aliphatic heterocycles. The molecule has 0 aromatic carbocycles. The van der Waals surface area contributed by atoms with Crippen molar-refractivity contribution < 1.29 is 19.2 Å². The van der Waals surface area contributed by atoms with Crippen LogP contribution in [0.15, 0.2) is 12.3 Å². The highest BCUT2D eigenvalue weighted by Crippen LogP contribution is 2.16. The van der Waals surface area contributed by atoms with E-state index >= 15 is 0 Å². The zero-order chi connectivity index (χ0) is 10.3. The summed E-state index contributed by atoms with van der Waals surface area (Å²) in [6.07, 6.45) is 0. The molecule has 0 aliphatic carbocycles. The summed E-state index contributed by atoms with van der Waals surface area (Å²) in [4.78, 5) is 9.70. The van der Waals surface area contributed by atoms with Crippen molar-refractivity contribution in [1.29, 1.82) is 0 Å². The second kappa shape index (κ2) is 5.96. The molecule has 0 amide bonds. The first-order valence-corrected chi connectivity index (χ1v) is 4.33. The molecule has 0 saturated heterocycles. The van der Waals surface area contributed by atoms with Gasteiger partial charge in [0.1, 0.15) is 5.76 Å². The molecule has 0 aromatic rings. The van der Waals surface area contributed by atoms with Crippen LogP contribution < -0.4 is 0 Å². The summed E-state index contributed by atoms with van der Waals surface area (Å²) in [6.45, 7) is 11.5. The van der Waals surface area contributed by atoms with Gasteiger partial charge in [0.05, 0.1) is 0 Å². The summed E-state index contributed by atoms with van der Waals surface area (Å²) in [5.74, 6) is -0.701. The molecule has 4 heteroatoms. The highest BCUT2D eigenvalue weighted by Gasteiger charge is 2.28. The quantitative estimate of drug-likeness (QED) is 0.267. The number of ether oxygens (including phenoxy) is 2. The average Bonchev–Trinajstić information content (AvgIpc) is 2.02. The predicted octanol–water partition coefficient (Wildman–Crippen LogP) is 2.21. The Kier molecular flexibility index (Phi) is 5.70. The molecule has 0 bridgehead atoms. The molecular formula is C9H18O4. The van der Waals surface area contributed by atoms with E-state index in [0.717, 1.165) is 0 Å². The van der Waals surface area contributed by atoms with Gasteiger partial charge < -0.3 is 14.4 Å². The van der Waals surface area contributed by atoms with E-state index in [-0.39, 0.29) is 0 Å². The second-order valence-corrected chi connectivity index (χ2v) is 2.60. The molecular weight excluding hydrogens is 172 g/mol. The normalized spacial score (nSPS) is 11.4. The molecule has 0 radical (unpaired) electrons. The lowest BCUT2D eigenvalue weighted by Gasteiger charge is -2.26. The molecule has 78 valence electrons. The molecule has 0 fully saturated rings. The first-order valence-electron chi connectivity index (χ1n) is 4.33. The predicted molar refractivity (Wildman–Crippen MR) is 48.6 cm³/mol. The minimum Gasteiger partial charge on any atom is -0.338 e. The van der Waals surface area contributed by atoms with Crippen LogP contribution in [-0.4, -0.2) is 19.2 Å². The van der Waals surface area contributed by atoms with E-state index in [9.17, 15) is 0 Å². The van der Waals surface area contributed by atoms with Crippen LogP contribution in [0.3, 0.4) is 0 Å². The first kappa shape index (κ1) is 12.4. The SMILES string of the molecule is C=C(C)OOC(C)(OCC)OCC. The summed E-state index contributed by atoms with van der Waals surface area (Å²) in [6, 6.07) is 0. The van der Waals surface area contributed by atoms with Crippen LogP contribution in [0.5, 0.6) is 0 Å². The standard InChI is InChI=1S/C9H18O4/c1-6-10-9(5,11-7-2)13-12-8(3)4/h3,6-7H2,1-2,4-5H3. The lowest BCUT2D eigenvalue weighted by atomic mass is 10.6. The van der Waals surface area contributed by atoms with Gasteiger partial charge in [-0.15, -0.1) is 4.89 Å². The van der Waals surface area contributed by atoms with Crippen molar-refractivity contribution in [2.75, 3.05) is 13.2 Å². The van der Waals surface area contributed by atoms with E-state index in [1.807, 2.05) is 13.8 Å². The Morgan fingerprint density at radius 3 is 2.00 bits per heavy atom.